The predicted octanol–water partition coefficient (Wildman–Crippen LogP) is 4.54. The SMILES string of the molecule is COc1ccc(NC(=O)c2ccc(NS(=O)(=O)c3ccc(Cl)cc3F)cc2)cc1. The van der Waals surface area contributed by atoms with Crippen LogP contribution >= 0.6 is 11.6 Å². The molecule has 0 saturated carbocycles. The molecule has 0 aliphatic rings. The van der Waals surface area contributed by atoms with E-state index in [1.54, 1.807) is 31.4 Å². The Hall–Kier alpha value is -3.10. The zero-order chi connectivity index (χ0) is 21.0. The van der Waals surface area contributed by atoms with Gasteiger partial charge < -0.3 is 10.1 Å². The Morgan fingerprint density at radius 1 is 0.966 bits per heavy atom. The number of halogens is 2. The van der Waals surface area contributed by atoms with Gasteiger partial charge in [0.05, 0.1) is 7.11 Å². The van der Waals surface area contributed by atoms with E-state index in [-0.39, 0.29) is 16.6 Å². The highest BCUT2D eigenvalue weighted by atomic mass is 35.5. The lowest BCUT2D eigenvalue weighted by Gasteiger charge is -2.10. The van der Waals surface area contributed by atoms with Crippen LogP contribution in [0.5, 0.6) is 5.75 Å². The van der Waals surface area contributed by atoms with E-state index in [0.29, 0.717) is 17.0 Å². The Balaban J connectivity index is 1.71. The highest BCUT2D eigenvalue weighted by Crippen LogP contribution is 2.22. The van der Waals surface area contributed by atoms with Crippen molar-refractivity contribution in [1.82, 2.24) is 0 Å². The van der Waals surface area contributed by atoms with E-state index < -0.39 is 20.7 Å². The summed E-state index contributed by atoms with van der Waals surface area (Å²) in [4.78, 5) is 11.8. The first-order chi connectivity index (χ1) is 13.8. The zero-order valence-electron chi connectivity index (χ0n) is 15.1. The second-order valence-corrected chi connectivity index (χ2v) is 8.03. The third kappa shape index (κ3) is 5.04. The molecule has 0 aromatic heterocycles. The lowest BCUT2D eigenvalue weighted by molar-refractivity contribution is 0.102. The molecule has 29 heavy (non-hydrogen) atoms. The van der Waals surface area contributed by atoms with Crippen LogP contribution in [0, 0.1) is 5.82 Å². The van der Waals surface area contributed by atoms with E-state index in [1.165, 1.54) is 30.3 Å². The van der Waals surface area contributed by atoms with Crippen LogP contribution < -0.4 is 14.8 Å². The second-order valence-electron chi connectivity index (χ2n) is 5.94. The van der Waals surface area contributed by atoms with E-state index in [0.717, 1.165) is 12.1 Å². The monoisotopic (exact) mass is 434 g/mol. The second kappa shape index (κ2) is 8.50. The molecule has 3 aromatic rings. The molecular weight excluding hydrogens is 419 g/mol. The summed E-state index contributed by atoms with van der Waals surface area (Å²) in [6.45, 7) is 0. The first-order valence-corrected chi connectivity index (χ1v) is 10.2. The number of rotatable bonds is 6. The van der Waals surface area contributed by atoms with E-state index in [1.807, 2.05) is 0 Å². The number of carbonyl (C=O) groups excluding carboxylic acids is 1. The van der Waals surface area contributed by atoms with Crippen molar-refractivity contribution in [2.45, 2.75) is 4.90 Å². The molecule has 150 valence electrons. The van der Waals surface area contributed by atoms with Gasteiger partial charge in [-0.3, -0.25) is 9.52 Å². The van der Waals surface area contributed by atoms with Gasteiger partial charge in [0.15, 0.2) is 0 Å². The largest absolute Gasteiger partial charge is 0.497 e. The molecule has 0 atom stereocenters. The zero-order valence-corrected chi connectivity index (χ0v) is 16.7. The maximum absolute atomic E-state index is 13.9. The number of hydrogen-bond donors (Lipinski definition) is 2. The molecule has 0 aliphatic heterocycles. The van der Waals surface area contributed by atoms with Crippen molar-refractivity contribution in [2.24, 2.45) is 0 Å². The fraction of sp³-hybridized carbons (Fsp3) is 0.0500. The number of sulfonamides is 1. The van der Waals surface area contributed by atoms with Gasteiger partial charge in [0.25, 0.3) is 15.9 Å². The number of hydrogen-bond acceptors (Lipinski definition) is 4. The summed E-state index contributed by atoms with van der Waals surface area (Å²) in [7, 11) is -2.60. The normalized spacial score (nSPS) is 11.0. The Bertz CT molecular complexity index is 1130. The third-order valence-electron chi connectivity index (χ3n) is 3.93. The molecule has 0 fully saturated rings. The number of amides is 1. The molecular formula is C20H16ClFN2O4S. The van der Waals surface area contributed by atoms with Crippen LogP contribution in [0.1, 0.15) is 10.4 Å². The van der Waals surface area contributed by atoms with E-state index in [2.05, 4.69) is 10.0 Å². The topological polar surface area (TPSA) is 84.5 Å². The van der Waals surface area contributed by atoms with Crippen molar-refractivity contribution in [3.63, 3.8) is 0 Å². The quantitative estimate of drug-likeness (QED) is 0.596. The van der Waals surface area contributed by atoms with Crippen molar-refractivity contribution >= 4 is 38.9 Å². The van der Waals surface area contributed by atoms with Crippen molar-refractivity contribution in [2.75, 3.05) is 17.1 Å². The summed E-state index contributed by atoms with van der Waals surface area (Å²) in [5, 5.41) is 2.81. The van der Waals surface area contributed by atoms with Gasteiger partial charge in [-0.1, -0.05) is 11.6 Å². The van der Waals surface area contributed by atoms with Crippen LogP contribution in [0.3, 0.4) is 0 Å². The Morgan fingerprint density at radius 2 is 1.59 bits per heavy atom. The van der Waals surface area contributed by atoms with E-state index in [9.17, 15) is 17.6 Å². The summed E-state index contributed by atoms with van der Waals surface area (Å²) in [5.41, 5.74) is 1.08. The van der Waals surface area contributed by atoms with Crippen LogP contribution in [-0.4, -0.2) is 21.4 Å². The molecule has 9 heteroatoms. The summed E-state index contributed by atoms with van der Waals surface area (Å²) < 4.78 is 46.0. The fourth-order valence-electron chi connectivity index (χ4n) is 2.47. The highest BCUT2D eigenvalue weighted by molar-refractivity contribution is 7.92. The molecule has 0 radical (unpaired) electrons. The van der Waals surface area contributed by atoms with Crippen LogP contribution in [0.4, 0.5) is 15.8 Å². The average molecular weight is 435 g/mol. The number of anilines is 2. The molecule has 2 N–H and O–H groups in total. The van der Waals surface area contributed by atoms with Gasteiger partial charge in [0, 0.05) is 22.0 Å². The molecule has 0 saturated heterocycles. The number of methoxy groups -OCH3 is 1. The number of carbonyl (C=O) groups is 1. The number of benzene rings is 3. The Labute approximate surface area is 172 Å². The van der Waals surface area contributed by atoms with Crippen molar-refractivity contribution in [3.05, 3.63) is 83.1 Å². The molecule has 3 rings (SSSR count). The summed E-state index contributed by atoms with van der Waals surface area (Å²) >= 11 is 5.65. The van der Waals surface area contributed by atoms with Gasteiger partial charge in [0.1, 0.15) is 16.5 Å². The lowest BCUT2D eigenvalue weighted by atomic mass is 10.2. The van der Waals surface area contributed by atoms with Gasteiger partial charge in [-0.05, 0) is 66.7 Å². The van der Waals surface area contributed by atoms with Crippen LogP contribution in [0.2, 0.25) is 5.02 Å². The molecule has 0 heterocycles. The molecule has 0 spiro atoms. The minimum absolute atomic E-state index is 0.0914. The molecule has 6 nitrogen and oxygen atoms in total. The van der Waals surface area contributed by atoms with Gasteiger partial charge in [0.2, 0.25) is 0 Å². The third-order valence-corrected chi connectivity index (χ3v) is 5.58. The maximum Gasteiger partial charge on any atom is 0.264 e. The Morgan fingerprint density at radius 3 is 2.17 bits per heavy atom. The minimum atomic E-state index is -4.15. The van der Waals surface area contributed by atoms with Crippen molar-refractivity contribution in [3.8, 4) is 5.75 Å². The van der Waals surface area contributed by atoms with Gasteiger partial charge in [-0.25, -0.2) is 12.8 Å². The van der Waals surface area contributed by atoms with Crippen molar-refractivity contribution in [1.29, 1.82) is 0 Å². The van der Waals surface area contributed by atoms with Gasteiger partial charge in [-0.2, -0.15) is 0 Å². The van der Waals surface area contributed by atoms with Crippen LogP contribution in [-0.2, 0) is 10.0 Å². The fourth-order valence-corrected chi connectivity index (χ4v) is 3.75. The summed E-state index contributed by atoms with van der Waals surface area (Å²) in [6.07, 6.45) is 0. The highest BCUT2D eigenvalue weighted by Gasteiger charge is 2.19. The lowest BCUT2D eigenvalue weighted by Crippen LogP contribution is -2.15. The summed E-state index contributed by atoms with van der Waals surface area (Å²) in [6, 6.07) is 15.8. The average Bonchev–Trinajstić information content (AvgIpc) is 2.68. The number of nitrogens with one attached hydrogen (secondary N) is 2. The Kier molecular flexibility index (Phi) is 6.05. The maximum atomic E-state index is 13.9. The predicted molar refractivity (Wildman–Crippen MR) is 110 cm³/mol. The van der Waals surface area contributed by atoms with Crippen molar-refractivity contribution < 1.29 is 22.3 Å². The minimum Gasteiger partial charge on any atom is -0.497 e. The van der Waals surface area contributed by atoms with E-state index in [4.69, 9.17) is 16.3 Å². The molecule has 0 unspecified atom stereocenters. The van der Waals surface area contributed by atoms with Gasteiger partial charge >= 0.3 is 0 Å². The first kappa shape index (κ1) is 20.6. The van der Waals surface area contributed by atoms with E-state index >= 15 is 0 Å². The molecule has 1 amide bonds. The summed E-state index contributed by atoms with van der Waals surface area (Å²) in [5.74, 6) is -0.662. The van der Waals surface area contributed by atoms with Gasteiger partial charge in [-0.15, -0.1) is 0 Å². The standard InChI is InChI=1S/C20H16ClFN2O4S/c1-28-17-9-7-15(8-10-17)23-20(25)13-2-5-16(6-3-13)24-29(26,27)19-11-4-14(21)12-18(19)22/h2-12,24H,1H3,(H,23,25). The smallest absolute Gasteiger partial charge is 0.264 e. The first-order valence-electron chi connectivity index (χ1n) is 8.32. The van der Waals surface area contributed by atoms with Crippen LogP contribution in [0.25, 0.3) is 0 Å². The number of ether oxygens (including phenoxy) is 1. The van der Waals surface area contributed by atoms with Crippen LogP contribution in [0.15, 0.2) is 71.6 Å². The molecule has 0 bridgehead atoms. The molecule has 0 aliphatic carbocycles. The molecule has 3 aromatic carbocycles.